The number of rotatable bonds is 7. The minimum Gasteiger partial charge on any atom is -0.365 e. The zero-order chi connectivity index (χ0) is 21.8. The van der Waals surface area contributed by atoms with Crippen LogP contribution in [0.4, 0.5) is 10.2 Å². The number of anilines is 1. The maximum Gasteiger partial charge on any atom is 0.251 e. The van der Waals surface area contributed by atoms with E-state index < -0.39 is 0 Å². The van der Waals surface area contributed by atoms with E-state index in [9.17, 15) is 9.18 Å². The Labute approximate surface area is 179 Å². The quantitative estimate of drug-likeness (QED) is 0.479. The molecule has 0 atom stereocenters. The van der Waals surface area contributed by atoms with Crippen LogP contribution in [0.1, 0.15) is 27.0 Å². The van der Waals surface area contributed by atoms with Crippen molar-refractivity contribution in [2.75, 3.05) is 11.9 Å². The Balaban J connectivity index is 1.40. The molecule has 8 heteroatoms. The van der Waals surface area contributed by atoms with Gasteiger partial charge in [-0.3, -0.25) is 4.79 Å². The number of hydrogen-bond acceptors (Lipinski definition) is 5. The maximum atomic E-state index is 13.1. The predicted octanol–water partition coefficient (Wildman–Crippen LogP) is 3.62. The van der Waals surface area contributed by atoms with Crippen LogP contribution in [-0.2, 0) is 13.1 Å². The van der Waals surface area contributed by atoms with Gasteiger partial charge in [-0.2, -0.15) is 5.10 Å². The van der Waals surface area contributed by atoms with Gasteiger partial charge >= 0.3 is 0 Å². The number of fused-ring (bicyclic) bond motifs is 1. The number of nitrogens with one attached hydrogen (secondary N) is 2. The van der Waals surface area contributed by atoms with Crippen molar-refractivity contribution in [3.05, 3.63) is 83.1 Å². The average Bonchev–Trinajstić information content (AvgIpc) is 3.16. The summed E-state index contributed by atoms with van der Waals surface area (Å²) in [7, 11) is 0. The van der Waals surface area contributed by atoms with Gasteiger partial charge in [-0.1, -0.05) is 29.3 Å². The molecule has 0 bridgehead atoms. The highest BCUT2D eigenvalue weighted by molar-refractivity contribution is 5.94. The molecule has 0 aliphatic carbocycles. The molecule has 2 aromatic carbocycles. The van der Waals surface area contributed by atoms with E-state index in [4.69, 9.17) is 0 Å². The van der Waals surface area contributed by atoms with E-state index in [0.717, 1.165) is 22.1 Å². The summed E-state index contributed by atoms with van der Waals surface area (Å²) in [5.41, 5.74) is 4.38. The third-order valence-corrected chi connectivity index (χ3v) is 4.90. The van der Waals surface area contributed by atoms with Crippen molar-refractivity contribution < 1.29 is 9.18 Å². The second kappa shape index (κ2) is 8.91. The minimum atomic E-state index is -0.265. The number of benzene rings is 2. The number of halogens is 1. The van der Waals surface area contributed by atoms with E-state index in [1.165, 1.54) is 18.5 Å². The molecule has 2 N–H and O–H groups in total. The van der Waals surface area contributed by atoms with Gasteiger partial charge in [-0.05, 0) is 43.7 Å². The Morgan fingerprint density at radius 2 is 1.81 bits per heavy atom. The third-order valence-electron chi connectivity index (χ3n) is 4.90. The number of aromatic nitrogens is 4. The van der Waals surface area contributed by atoms with Crippen LogP contribution < -0.4 is 10.6 Å². The first-order chi connectivity index (χ1) is 15.0. The third kappa shape index (κ3) is 4.85. The molecule has 4 aromatic rings. The lowest BCUT2D eigenvalue weighted by atomic mass is 10.1. The Kier molecular flexibility index (Phi) is 5.88. The molecule has 1 amide bonds. The van der Waals surface area contributed by atoms with E-state index in [-0.39, 0.29) is 11.7 Å². The van der Waals surface area contributed by atoms with Gasteiger partial charge in [0.05, 0.1) is 18.1 Å². The van der Waals surface area contributed by atoms with E-state index in [2.05, 4.69) is 25.7 Å². The minimum absolute atomic E-state index is 0.112. The van der Waals surface area contributed by atoms with Gasteiger partial charge in [0.25, 0.3) is 5.91 Å². The van der Waals surface area contributed by atoms with E-state index in [1.807, 2.05) is 32.0 Å². The molecule has 0 unspecified atom stereocenters. The van der Waals surface area contributed by atoms with E-state index in [0.29, 0.717) is 36.7 Å². The van der Waals surface area contributed by atoms with Crippen LogP contribution in [-0.4, -0.2) is 32.2 Å². The Morgan fingerprint density at radius 3 is 2.55 bits per heavy atom. The van der Waals surface area contributed by atoms with Gasteiger partial charge in [-0.15, -0.1) is 0 Å². The van der Waals surface area contributed by atoms with Gasteiger partial charge in [0.1, 0.15) is 18.0 Å². The lowest BCUT2D eigenvalue weighted by Gasteiger charge is -2.09. The molecule has 0 aliphatic heterocycles. The van der Waals surface area contributed by atoms with Gasteiger partial charge in [-0.25, -0.2) is 19.0 Å². The summed E-state index contributed by atoms with van der Waals surface area (Å²) in [5, 5.41) is 11.4. The fraction of sp³-hybridized carbons (Fsp3) is 0.217. The monoisotopic (exact) mass is 418 g/mol. The van der Waals surface area contributed by atoms with E-state index >= 15 is 0 Å². The molecule has 0 fully saturated rings. The van der Waals surface area contributed by atoms with Crippen molar-refractivity contribution in [3.63, 3.8) is 0 Å². The molecular weight excluding hydrogens is 395 g/mol. The molecule has 0 aliphatic rings. The van der Waals surface area contributed by atoms with Crippen molar-refractivity contribution in [1.82, 2.24) is 25.1 Å². The number of carbonyl (C=O) groups excluding carboxylic acids is 1. The maximum absolute atomic E-state index is 13.1. The SMILES string of the molecule is Cc1cc(C)cc(C(=O)NCCn2ncc3c(NCc4ccc(F)cc4)ncnc32)c1. The molecule has 158 valence electrons. The molecule has 0 radical (unpaired) electrons. The fourth-order valence-electron chi connectivity index (χ4n) is 3.47. The second-order valence-corrected chi connectivity index (χ2v) is 7.44. The summed E-state index contributed by atoms with van der Waals surface area (Å²) in [6.07, 6.45) is 3.18. The smallest absolute Gasteiger partial charge is 0.251 e. The molecular formula is C23H23FN6O. The van der Waals surface area contributed by atoms with Gasteiger partial charge in [0, 0.05) is 18.7 Å². The van der Waals surface area contributed by atoms with Crippen LogP contribution in [0.2, 0.25) is 0 Å². The largest absolute Gasteiger partial charge is 0.365 e. The summed E-state index contributed by atoms with van der Waals surface area (Å²) in [5.74, 6) is 0.276. The Morgan fingerprint density at radius 1 is 1.06 bits per heavy atom. The molecule has 31 heavy (non-hydrogen) atoms. The lowest BCUT2D eigenvalue weighted by Crippen LogP contribution is -2.27. The highest BCUT2D eigenvalue weighted by Gasteiger charge is 2.11. The molecule has 4 rings (SSSR count). The Hall–Kier alpha value is -3.81. The fourth-order valence-corrected chi connectivity index (χ4v) is 3.47. The van der Waals surface area contributed by atoms with Crippen LogP contribution >= 0.6 is 0 Å². The summed E-state index contributed by atoms with van der Waals surface area (Å²) >= 11 is 0. The van der Waals surface area contributed by atoms with E-state index in [1.54, 1.807) is 23.0 Å². The molecule has 7 nitrogen and oxygen atoms in total. The van der Waals surface area contributed by atoms with Crippen molar-refractivity contribution in [1.29, 1.82) is 0 Å². The number of hydrogen-bond donors (Lipinski definition) is 2. The van der Waals surface area contributed by atoms with Gasteiger partial charge in [0.2, 0.25) is 0 Å². The summed E-state index contributed by atoms with van der Waals surface area (Å²) < 4.78 is 14.8. The van der Waals surface area contributed by atoms with Gasteiger partial charge in [0.15, 0.2) is 5.65 Å². The van der Waals surface area contributed by atoms with Crippen LogP contribution in [0.3, 0.4) is 0 Å². The summed E-state index contributed by atoms with van der Waals surface area (Å²) in [6.45, 7) is 5.35. The van der Waals surface area contributed by atoms with Crippen LogP contribution in [0, 0.1) is 19.7 Å². The summed E-state index contributed by atoms with van der Waals surface area (Å²) in [6, 6.07) is 12.1. The van der Waals surface area contributed by atoms with Crippen molar-refractivity contribution >= 4 is 22.8 Å². The highest BCUT2D eigenvalue weighted by atomic mass is 19.1. The summed E-state index contributed by atoms with van der Waals surface area (Å²) in [4.78, 5) is 21.1. The zero-order valence-electron chi connectivity index (χ0n) is 17.4. The molecule has 0 saturated heterocycles. The standard InChI is InChI=1S/C23H23FN6O/c1-15-9-16(2)11-18(10-15)23(31)25-7-8-30-22-20(13-29-30)21(27-14-28-22)26-12-17-3-5-19(24)6-4-17/h3-6,9-11,13-14H,7-8,12H2,1-2H3,(H,25,31)(H,26,27,28). The topological polar surface area (TPSA) is 84.7 Å². The van der Waals surface area contributed by atoms with Crippen molar-refractivity contribution in [2.24, 2.45) is 0 Å². The van der Waals surface area contributed by atoms with Gasteiger partial charge < -0.3 is 10.6 Å². The second-order valence-electron chi connectivity index (χ2n) is 7.44. The first-order valence-corrected chi connectivity index (χ1v) is 10.0. The first kappa shape index (κ1) is 20.5. The van der Waals surface area contributed by atoms with Crippen LogP contribution in [0.5, 0.6) is 0 Å². The molecule has 2 heterocycles. The normalized spacial score (nSPS) is 10.9. The number of carbonyl (C=O) groups is 1. The van der Waals surface area contributed by atoms with Crippen molar-refractivity contribution in [3.8, 4) is 0 Å². The van der Waals surface area contributed by atoms with Crippen LogP contribution in [0.25, 0.3) is 11.0 Å². The Bertz CT molecular complexity index is 1200. The zero-order valence-corrected chi connectivity index (χ0v) is 17.4. The molecule has 0 spiro atoms. The number of aryl methyl sites for hydroxylation is 2. The number of amides is 1. The molecule has 2 aromatic heterocycles. The van der Waals surface area contributed by atoms with Crippen molar-refractivity contribution in [2.45, 2.75) is 26.9 Å². The molecule has 0 saturated carbocycles. The predicted molar refractivity (Wildman–Crippen MR) is 117 cm³/mol. The first-order valence-electron chi connectivity index (χ1n) is 10.0. The average molecular weight is 418 g/mol. The van der Waals surface area contributed by atoms with Crippen LogP contribution in [0.15, 0.2) is 55.0 Å². The lowest BCUT2D eigenvalue weighted by molar-refractivity contribution is 0.0952. The highest BCUT2D eigenvalue weighted by Crippen LogP contribution is 2.19. The number of nitrogens with zero attached hydrogens (tertiary/aromatic N) is 4.